The Morgan fingerprint density at radius 3 is 2.65 bits per heavy atom. The molecule has 3 rings (SSSR count). The van der Waals surface area contributed by atoms with Gasteiger partial charge in [0.1, 0.15) is 5.76 Å². The van der Waals surface area contributed by atoms with Crippen molar-refractivity contribution >= 4 is 17.7 Å². The Morgan fingerprint density at radius 1 is 1.23 bits per heavy atom. The third-order valence-electron chi connectivity index (χ3n) is 4.04. The van der Waals surface area contributed by atoms with Crippen LogP contribution in [0.4, 0.5) is 0 Å². The van der Waals surface area contributed by atoms with E-state index < -0.39 is 0 Å². The molecule has 0 unspecified atom stereocenters. The first-order chi connectivity index (χ1) is 12.5. The highest BCUT2D eigenvalue weighted by Gasteiger charge is 2.13. The van der Waals surface area contributed by atoms with Crippen LogP contribution in [-0.4, -0.2) is 26.4 Å². The van der Waals surface area contributed by atoms with Crippen LogP contribution in [0, 0.1) is 0 Å². The van der Waals surface area contributed by atoms with Gasteiger partial charge >= 0.3 is 0 Å². The highest BCUT2D eigenvalue weighted by Crippen LogP contribution is 2.24. The summed E-state index contributed by atoms with van der Waals surface area (Å²) >= 11 is 1.36. The fourth-order valence-electron chi connectivity index (χ4n) is 2.49. The highest BCUT2D eigenvalue weighted by atomic mass is 32.2. The standard InChI is InChI=1S/C19H22N4O2S/c1-13(2)14-6-8-15(9-7-14)18-21-22-19(23(18)3)26-12-17(24)20-11-16-5-4-10-25-16/h4-10,13H,11-12H2,1-3H3,(H,20,24). The van der Waals surface area contributed by atoms with Gasteiger partial charge in [0.15, 0.2) is 11.0 Å². The molecule has 1 amide bonds. The summed E-state index contributed by atoms with van der Waals surface area (Å²) < 4.78 is 7.10. The Bertz CT molecular complexity index is 854. The lowest BCUT2D eigenvalue weighted by atomic mass is 10.0. The first-order valence-electron chi connectivity index (χ1n) is 8.46. The summed E-state index contributed by atoms with van der Waals surface area (Å²) in [6, 6.07) is 12.0. The number of carbonyl (C=O) groups is 1. The summed E-state index contributed by atoms with van der Waals surface area (Å²) in [7, 11) is 1.91. The number of hydrogen-bond donors (Lipinski definition) is 1. The van der Waals surface area contributed by atoms with E-state index in [4.69, 9.17) is 4.42 Å². The predicted molar refractivity (Wildman–Crippen MR) is 102 cm³/mol. The average molecular weight is 370 g/mol. The molecule has 0 aliphatic carbocycles. The number of furan rings is 1. The SMILES string of the molecule is CC(C)c1ccc(-c2nnc(SCC(=O)NCc3ccco3)n2C)cc1. The predicted octanol–water partition coefficient (Wildman–Crippen LogP) is 3.61. The summed E-state index contributed by atoms with van der Waals surface area (Å²) in [4.78, 5) is 12.0. The monoisotopic (exact) mass is 370 g/mol. The Hall–Kier alpha value is -2.54. The fraction of sp³-hybridized carbons (Fsp3) is 0.316. The van der Waals surface area contributed by atoms with Crippen LogP contribution in [0.15, 0.2) is 52.2 Å². The number of aromatic nitrogens is 3. The number of nitrogens with zero attached hydrogens (tertiary/aromatic N) is 3. The van der Waals surface area contributed by atoms with Crippen molar-refractivity contribution < 1.29 is 9.21 Å². The zero-order chi connectivity index (χ0) is 18.5. The Balaban J connectivity index is 1.59. The second-order valence-electron chi connectivity index (χ2n) is 6.29. The smallest absolute Gasteiger partial charge is 0.230 e. The molecule has 7 heteroatoms. The second kappa shape index (κ2) is 8.23. The number of benzene rings is 1. The van der Waals surface area contributed by atoms with E-state index in [1.807, 2.05) is 17.7 Å². The lowest BCUT2D eigenvalue weighted by Crippen LogP contribution is -2.24. The Morgan fingerprint density at radius 2 is 2.00 bits per heavy atom. The summed E-state index contributed by atoms with van der Waals surface area (Å²) in [6.07, 6.45) is 1.59. The molecule has 0 radical (unpaired) electrons. The van der Waals surface area contributed by atoms with Gasteiger partial charge in [-0.05, 0) is 23.6 Å². The lowest BCUT2D eigenvalue weighted by molar-refractivity contribution is -0.118. The van der Waals surface area contributed by atoms with E-state index in [-0.39, 0.29) is 11.7 Å². The number of thioether (sulfide) groups is 1. The molecule has 136 valence electrons. The van der Waals surface area contributed by atoms with Gasteiger partial charge in [0.05, 0.1) is 18.6 Å². The molecule has 0 aliphatic rings. The van der Waals surface area contributed by atoms with Crippen LogP contribution in [0.1, 0.15) is 31.1 Å². The zero-order valence-electron chi connectivity index (χ0n) is 15.1. The molecule has 0 saturated carbocycles. The number of rotatable bonds is 7. The molecule has 0 fully saturated rings. The molecule has 0 bridgehead atoms. The minimum Gasteiger partial charge on any atom is -0.467 e. The van der Waals surface area contributed by atoms with E-state index in [9.17, 15) is 4.79 Å². The molecule has 26 heavy (non-hydrogen) atoms. The number of amides is 1. The van der Waals surface area contributed by atoms with Gasteiger partial charge in [-0.25, -0.2) is 0 Å². The molecule has 0 aliphatic heterocycles. The molecule has 2 heterocycles. The minimum absolute atomic E-state index is 0.0720. The maximum Gasteiger partial charge on any atom is 0.230 e. The lowest BCUT2D eigenvalue weighted by Gasteiger charge is -2.07. The van der Waals surface area contributed by atoms with Gasteiger partial charge in [0, 0.05) is 12.6 Å². The summed E-state index contributed by atoms with van der Waals surface area (Å²) in [5.74, 6) is 2.22. The van der Waals surface area contributed by atoms with Crippen LogP contribution in [0.3, 0.4) is 0 Å². The molecule has 2 aromatic heterocycles. The molecule has 1 N–H and O–H groups in total. The zero-order valence-corrected chi connectivity index (χ0v) is 15.9. The minimum atomic E-state index is -0.0720. The van der Waals surface area contributed by atoms with Crippen LogP contribution in [0.2, 0.25) is 0 Å². The van der Waals surface area contributed by atoms with Gasteiger partial charge in [-0.2, -0.15) is 0 Å². The van der Waals surface area contributed by atoms with Gasteiger partial charge < -0.3 is 14.3 Å². The highest BCUT2D eigenvalue weighted by molar-refractivity contribution is 7.99. The van der Waals surface area contributed by atoms with Crippen molar-refractivity contribution in [1.29, 1.82) is 0 Å². The fourth-order valence-corrected chi connectivity index (χ4v) is 3.23. The Labute approximate surface area is 157 Å². The Kier molecular flexibility index (Phi) is 5.78. The van der Waals surface area contributed by atoms with E-state index in [2.05, 4.69) is 53.6 Å². The van der Waals surface area contributed by atoms with E-state index >= 15 is 0 Å². The van der Waals surface area contributed by atoms with Gasteiger partial charge in [-0.15, -0.1) is 10.2 Å². The van der Waals surface area contributed by atoms with Crippen molar-refractivity contribution in [2.75, 3.05) is 5.75 Å². The van der Waals surface area contributed by atoms with Crippen molar-refractivity contribution in [3.63, 3.8) is 0 Å². The third-order valence-corrected chi connectivity index (χ3v) is 5.06. The topological polar surface area (TPSA) is 73.0 Å². The maximum absolute atomic E-state index is 12.0. The van der Waals surface area contributed by atoms with Crippen LogP contribution < -0.4 is 5.32 Å². The van der Waals surface area contributed by atoms with Crippen molar-refractivity contribution in [2.45, 2.75) is 31.5 Å². The second-order valence-corrected chi connectivity index (χ2v) is 7.23. The molecule has 0 atom stereocenters. The summed E-state index contributed by atoms with van der Waals surface area (Å²) in [5, 5.41) is 12.0. The van der Waals surface area contributed by atoms with Crippen molar-refractivity contribution in [3.8, 4) is 11.4 Å². The largest absolute Gasteiger partial charge is 0.467 e. The summed E-state index contributed by atoms with van der Waals surface area (Å²) in [5.41, 5.74) is 2.30. The molecular weight excluding hydrogens is 348 g/mol. The third kappa shape index (κ3) is 4.35. The average Bonchev–Trinajstić information content (AvgIpc) is 3.28. The number of nitrogens with one attached hydrogen (secondary N) is 1. The van der Waals surface area contributed by atoms with E-state index in [0.29, 0.717) is 17.6 Å². The number of carbonyl (C=O) groups excluding carboxylic acids is 1. The van der Waals surface area contributed by atoms with E-state index in [0.717, 1.165) is 17.1 Å². The van der Waals surface area contributed by atoms with Crippen LogP contribution in [0.5, 0.6) is 0 Å². The molecule has 3 aromatic rings. The molecular formula is C19H22N4O2S. The quantitative estimate of drug-likeness (QED) is 0.643. The summed E-state index contributed by atoms with van der Waals surface area (Å²) in [6.45, 7) is 4.73. The molecule has 1 aromatic carbocycles. The van der Waals surface area contributed by atoms with E-state index in [1.165, 1.54) is 17.3 Å². The van der Waals surface area contributed by atoms with Gasteiger partial charge in [-0.3, -0.25) is 4.79 Å². The van der Waals surface area contributed by atoms with Crippen LogP contribution >= 0.6 is 11.8 Å². The van der Waals surface area contributed by atoms with Crippen LogP contribution in [0.25, 0.3) is 11.4 Å². The maximum atomic E-state index is 12.0. The molecule has 0 spiro atoms. The normalized spacial score (nSPS) is 11.1. The van der Waals surface area contributed by atoms with Crippen molar-refractivity contribution in [2.24, 2.45) is 7.05 Å². The van der Waals surface area contributed by atoms with Crippen molar-refractivity contribution in [1.82, 2.24) is 20.1 Å². The molecule has 6 nitrogen and oxygen atoms in total. The number of hydrogen-bond acceptors (Lipinski definition) is 5. The first kappa shape index (κ1) is 18.3. The van der Waals surface area contributed by atoms with Gasteiger partial charge in [-0.1, -0.05) is 49.9 Å². The molecule has 0 saturated heterocycles. The van der Waals surface area contributed by atoms with Crippen LogP contribution in [-0.2, 0) is 18.4 Å². The van der Waals surface area contributed by atoms with E-state index in [1.54, 1.807) is 12.3 Å². The van der Waals surface area contributed by atoms with Crippen molar-refractivity contribution in [3.05, 3.63) is 54.0 Å². The first-order valence-corrected chi connectivity index (χ1v) is 9.44. The van der Waals surface area contributed by atoms with Gasteiger partial charge in [0.25, 0.3) is 0 Å². The van der Waals surface area contributed by atoms with Gasteiger partial charge in [0.2, 0.25) is 5.91 Å².